The Morgan fingerprint density at radius 2 is 1.50 bits per heavy atom. The third-order valence-corrected chi connectivity index (χ3v) is 4.17. The maximum atomic E-state index is 6.72. The van der Waals surface area contributed by atoms with Crippen molar-refractivity contribution in [1.82, 2.24) is 0 Å². The first kappa shape index (κ1) is 14.9. The average molecular weight is 289 g/mol. The molecule has 0 aliphatic carbocycles. The molecule has 0 saturated heterocycles. The Morgan fingerprint density at radius 1 is 0.900 bits per heavy atom. The number of rotatable bonds is 3. The van der Waals surface area contributed by atoms with Crippen LogP contribution in [0, 0.1) is 27.7 Å². The maximum absolute atomic E-state index is 6.72. The van der Waals surface area contributed by atoms with Crippen molar-refractivity contribution in [2.45, 2.75) is 33.1 Å². The highest BCUT2D eigenvalue weighted by atomic mass is 35.5. The Balaban J connectivity index is 2.46. The van der Waals surface area contributed by atoms with Gasteiger partial charge in [0.05, 0.1) is 12.5 Å². The van der Waals surface area contributed by atoms with E-state index in [1.807, 2.05) is 19.1 Å². The van der Waals surface area contributed by atoms with Crippen LogP contribution in [-0.2, 0) is 0 Å². The van der Waals surface area contributed by atoms with Gasteiger partial charge in [-0.15, -0.1) is 11.6 Å². The van der Waals surface area contributed by atoms with Crippen molar-refractivity contribution >= 4 is 11.6 Å². The van der Waals surface area contributed by atoms with Crippen molar-refractivity contribution in [2.75, 3.05) is 7.11 Å². The largest absolute Gasteiger partial charge is 0.496 e. The van der Waals surface area contributed by atoms with Gasteiger partial charge in [-0.05, 0) is 61.6 Å². The van der Waals surface area contributed by atoms with Crippen LogP contribution < -0.4 is 4.74 Å². The second kappa shape index (κ2) is 5.88. The van der Waals surface area contributed by atoms with Gasteiger partial charge in [0, 0.05) is 0 Å². The van der Waals surface area contributed by atoms with Crippen LogP contribution in [0.5, 0.6) is 5.75 Å². The van der Waals surface area contributed by atoms with Crippen LogP contribution in [0.15, 0.2) is 30.3 Å². The highest BCUT2D eigenvalue weighted by Crippen LogP contribution is 2.35. The Kier molecular flexibility index (Phi) is 4.39. The van der Waals surface area contributed by atoms with Crippen molar-refractivity contribution in [2.24, 2.45) is 0 Å². The molecule has 0 aromatic heterocycles. The zero-order valence-corrected chi connectivity index (χ0v) is 13.5. The third-order valence-electron chi connectivity index (χ3n) is 3.70. The Morgan fingerprint density at radius 3 is 2.00 bits per heavy atom. The molecule has 0 radical (unpaired) electrons. The Bertz CT molecular complexity index is 608. The zero-order chi connectivity index (χ0) is 14.9. The van der Waals surface area contributed by atoms with Gasteiger partial charge in [-0.3, -0.25) is 0 Å². The second-order valence-electron chi connectivity index (χ2n) is 5.40. The summed E-state index contributed by atoms with van der Waals surface area (Å²) in [7, 11) is 1.69. The molecule has 0 amide bonds. The van der Waals surface area contributed by atoms with Crippen LogP contribution in [0.4, 0.5) is 0 Å². The number of alkyl halides is 1. The minimum Gasteiger partial charge on any atom is -0.496 e. The van der Waals surface area contributed by atoms with Gasteiger partial charge in [0.25, 0.3) is 0 Å². The van der Waals surface area contributed by atoms with Crippen molar-refractivity contribution in [3.05, 3.63) is 63.7 Å². The van der Waals surface area contributed by atoms with E-state index in [0.29, 0.717) is 0 Å². The Labute approximate surface area is 126 Å². The van der Waals surface area contributed by atoms with E-state index in [2.05, 4.69) is 39.0 Å². The molecule has 0 spiro atoms. The van der Waals surface area contributed by atoms with E-state index in [-0.39, 0.29) is 5.38 Å². The number of aryl methyl sites for hydroxylation is 4. The second-order valence-corrected chi connectivity index (χ2v) is 5.84. The smallest absolute Gasteiger partial charge is 0.121 e. The molecule has 106 valence electrons. The quantitative estimate of drug-likeness (QED) is 0.700. The molecule has 0 aliphatic rings. The first-order valence-electron chi connectivity index (χ1n) is 6.80. The molecular weight excluding hydrogens is 268 g/mol. The van der Waals surface area contributed by atoms with Crippen molar-refractivity contribution in [3.8, 4) is 5.75 Å². The summed E-state index contributed by atoms with van der Waals surface area (Å²) in [6, 6.07) is 10.5. The SMILES string of the molecule is COc1ccc(C(Cl)c2c(C)cc(C)cc2C)cc1C. The van der Waals surface area contributed by atoms with Crippen LogP contribution in [0.2, 0.25) is 0 Å². The van der Waals surface area contributed by atoms with Crippen molar-refractivity contribution < 1.29 is 4.74 Å². The van der Waals surface area contributed by atoms with E-state index in [1.54, 1.807) is 7.11 Å². The van der Waals surface area contributed by atoms with Gasteiger partial charge in [-0.25, -0.2) is 0 Å². The van der Waals surface area contributed by atoms with Gasteiger partial charge in [0.1, 0.15) is 5.75 Å². The van der Waals surface area contributed by atoms with Gasteiger partial charge in [0.15, 0.2) is 0 Å². The lowest BCUT2D eigenvalue weighted by Crippen LogP contribution is -2.01. The minimum absolute atomic E-state index is 0.125. The molecule has 2 heteroatoms. The fourth-order valence-electron chi connectivity index (χ4n) is 2.82. The average Bonchev–Trinajstić information content (AvgIpc) is 2.37. The molecule has 0 bridgehead atoms. The number of methoxy groups -OCH3 is 1. The van der Waals surface area contributed by atoms with E-state index >= 15 is 0 Å². The summed E-state index contributed by atoms with van der Waals surface area (Å²) in [4.78, 5) is 0. The van der Waals surface area contributed by atoms with Gasteiger partial charge in [0.2, 0.25) is 0 Å². The number of hydrogen-bond donors (Lipinski definition) is 0. The molecular formula is C18H21ClO. The number of ether oxygens (including phenoxy) is 1. The molecule has 0 fully saturated rings. The predicted molar refractivity (Wildman–Crippen MR) is 86.1 cm³/mol. The molecule has 1 atom stereocenters. The maximum Gasteiger partial charge on any atom is 0.121 e. The lowest BCUT2D eigenvalue weighted by molar-refractivity contribution is 0.411. The summed E-state index contributed by atoms with van der Waals surface area (Å²) in [5, 5.41) is -0.125. The summed E-state index contributed by atoms with van der Waals surface area (Å²) in [6.45, 7) is 8.41. The highest BCUT2D eigenvalue weighted by Gasteiger charge is 2.17. The third kappa shape index (κ3) is 2.83. The molecule has 0 aliphatic heterocycles. The predicted octanol–water partition coefficient (Wildman–Crippen LogP) is 5.26. The molecule has 0 heterocycles. The summed E-state index contributed by atoms with van der Waals surface area (Å²) >= 11 is 6.72. The molecule has 0 N–H and O–H groups in total. The number of halogens is 1. The van der Waals surface area contributed by atoms with E-state index < -0.39 is 0 Å². The molecule has 2 aromatic carbocycles. The van der Waals surface area contributed by atoms with Crippen LogP contribution >= 0.6 is 11.6 Å². The molecule has 2 rings (SSSR count). The van der Waals surface area contributed by atoms with E-state index in [0.717, 1.165) is 16.9 Å². The normalized spacial score (nSPS) is 12.3. The number of benzene rings is 2. The van der Waals surface area contributed by atoms with Crippen molar-refractivity contribution in [1.29, 1.82) is 0 Å². The molecule has 0 saturated carbocycles. The van der Waals surface area contributed by atoms with Crippen LogP contribution in [-0.4, -0.2) is 7.11 Å². The molecule has 2 aromatic rings. The van der Waals surface area contributed by atoms with Gasteiger partial charge in [-0.2, -0.15) is 0 Å². The van der Waals surface area contributed by atoms with Gasteiger partial charge < -0.3 is 4.74 Å². The summed E-state index contributed by atoms with van der Waals surface area (Å²) in [5.41, 5.74) is 7.20. The Hall–Kier alpha value is -1.47. The van der Waals surface area contributed by atoms with Crippen molar-refractivity contribution in [3.63, 3.8) is 0 Å². The zero-order valence-electron chi connectivity index (χ0n) is 12.8. The summed E-state index contributed by atoms with van der Waals surface area (Å²) < 4.78 is 5.31. The van der Waals surface area contributed by atoms with E-state index in [9.17, 15) is 0 Å². The van der Waals surface area contributed by atoms with E-state index in [4.69, 9.17) is 16.3 Å². The van der Waals surface area contributed by atoms with Gasteiger partial charge >= 0.3 is 0 Å². The van der Waals surface area contributed by atoms with Crippen LogP contribution in [0.25, 0.3) is 0 Å². The topological polar surface area (TPSA) is 9.23 Å². The standard InChI is InChI=1S/C18H21ClO/c1-11-8-13(3)17(14(4)9-11)18(19)15-6-7-16(20-5)12(2)10-15/h6-10,18H,1-5H3. The lowest BCUT2D eigenvalue weighted by Gasteiger charge is -2.18. The fourth-order valence-corrected chi connectivity index (χ4v) is 3.30. The first-order chi connectivity index (χ1) is 9.43. The molecule has 1 unspecified atom stereocenters. The molecule has 20 heavy (non-hydrogen) atoms. The van der Waals surface area contributed by atoms with E-state index in [1.165, 1.54) is 22.3 Å². The lowest BCUT2D eigenvalue weighted by atomic mass is 9.93. The highest BCUT2D eigenvalue weighted by molar-refractivity contribution is 6.22. The number of hydrogen-bond acceptors (Lipinski definition) is 1. The van der Waals surface area contributed by atoms with Crippen LogP contribution in [0.3, 0.4) is 0 Å². The summed E-state index contributed by atoms with van der Waals surface area (Å²) in [5.74, 6) is 0.898. The fraction of sp³-hybridized carbons (Fsp3) is 0.333. The van der Waals surface area contributed by atoms with Crippen LogP contribution in [0.1, 0.15) is 38.8 Å². The minimum atomic E-state index is -0.125. The first-order valence-corrected chi connectivity index (χ1v) is 7.24. The monoisotopic (exact) mass is 288 g/mol. The molecule has 1 nitrogen and oxygen atoms in total. The van der Waals surface area contributed by atoms with Gasteiger partial charge in [-0.1, -0.05) is 29.8 Å². The summed E-state index contributed by atoms with van der Waals surface area (Å²) in [6.07, 6.45) is 0.